The Hall–Kier alpha value is -2.73. The molecule has 0 atom stereocenters. The Balaban J connectivity index is 1.93. The molecule has 0 radical (unpaired) electrons. The molecule has 2 amide bonds. The third-order valence-corrected chi connectivity index (χ3v) is 3.81. The Bertz CT molecular complexity index is 759. The first-order valence-corrected chi connectivity index (χ1v) is 7.59. The fourth-order valence-corrected chi connectivity index (χ4v) is 2.66. The zero-order chi connectivity index (χ0) is 16.4. The lowest BCUT2D eigenvalue weighted by molar-refractivity contribution is 0.257. The van der Waals surface area contributed by atoms with Crippen LogP contribution in [0.25, 0.3) is 0 Å². The largest absolute Gasteiger partial charge is 0.494 e. The van der Waals surface area contributed by atoms with Gasteiger partial charge in [0.1, 0.15) is 5.75 Å². The molecule has 5 nitrogen and oxygen atoms in total. The van der Waals surface area contributed by atoms with Crippen LogP contribution in [0.2, 0.25) is 0 Å². The van der Waals surface area contributed by atoms with E-state index in [4.69, 9.17) is 22.4 Å². The molecular weight excluding hydrogens is 310 g/mol. The van der Waals surface area contributed by atoms with Gasteiger partial charge >= 0.3 is 6.03 Å². The lowest BCUT2D eigenvalue weighted by Gasteiger charge is -2.17. The van der Waals surface area contributed by atoms with E-state index >= 15 is 0 Å². The smallest absolute Gasteiger partial charge is 0.340 e. The molecule has 3 rings (SSSR count). The number of hydrogen-bond acceptors (Lipinski definition) is 4. The summed E-state index contributed by atoms with van der Waals surface area (Å²) >= 11 is 5.29. The molecule has 0 unspecified atom stereocenters. The highest BCUT2D eigenvalue weighted by molar-refractivity contribution is 7.82. The molecule has 2 aromatic rings. The number of anilines is 2. The van der Waals surface area contributed by atoms with Gasteiger partial charge in [0, 0.05) is 0 Å². The summed E-state index contributed by atoms with van der Waals surface area (Å²) in [6.07, 6.45) is 0. The highest BCUT2D eigenvalue weighted by Crippen LogP contribution is 2.28. The van der Waals surface area contributed by atoms with Crippen molar-refractivity contribution in [3.05, 3.63) is 54.6 Å². The number of para-hydroxylation sites is 1. The molecule has 1 aliphatic heterocycles. The van der Waals surface area contributed by atoms with Gasteiger partial charge in [-0.2, -0.15) is 0 Å². The van der Waals surface area contributed by atoms with Crippen molar-refractivity contribution in [2.24, 2.45) is 0 Å². The molecule has 1 N–H and O–H groups in total. The highest BCUT2D eigenvalue weighted by atomic mass is 32.1. The number of urea groups is 1. The summed E-state index contributed by atoms with van der Waals surface area (Å²) in [5.74, 6) is 0.730. The van der Waals surface area contributed by atoms with E-state index in [0.717, 1.165) is 5.75 Å². The van der Waals surface area contributed by atoms with Crippen LogP contribution < -0.4 is 14.5 Å². The second-order valence-electron chi connectivity index (χ2n) is 4.87. The van der Waals surface area contributed by atoms with E-state index in [-0.39, 0.29) is 16.9 Å². The third-order valence-electron chi connectivity index (χ3n) is 3.43. The Labute approximate surface area is 139 Å². The maximum atomic E-state index is 12.7. The average molecular weight is 325 g/mol. The fourth-order valence-electron chi connectivity index (χ4n) is 2.39. The standard InChI is InChI=1S/C17H15N3O2S/c1-2-22-14-10-8-13(9-11-14)20-16(23)15(18)19(17(20)21)12-6-4-3-5-7-12/h3-11,18H,2H2,1H3. The predicted molar refractivity (Wildman–Crippen MR) is 94.7 cm³/mol. The van der Waals surface area contributed by atoms with Crippen molar-refractivity contribution < 1.29 is 9.53 Å². The third kappa shape index (κ3) is 2.68. The molecule has 1 aliphatic rings. The Morgan fingerprint density at radius 3 is 2.22 bits per heavy atom. The predicted octanol–water partition coefficient (Wildman–Crippen LogP) is 3.84. The minimum Gasteiger partial charge on any atom is -0.494 e. The van der Waals surface area contributed by atoms with Crippen molar-refractivity contribution in [1.82, 2.24) is 0 Å². The van der Waals surface area contributed by atoms with Crippen LogP contribution in [0, 0.1) is 5.41 Å². The van der Waals surface area contributed by atoms with E-state index in [1.54, 1.807) is 36.4 Å². The minimum absolute atomic E-state index is 0.00471. The van der Waals surface area contributed by atoms with Gasteiger partial charge in [-0.1, -0.05) is 30.4 Å². The molecule has 0 saturated carbocycles. The summed E-state index contributed by atoms with van der Waals surface area (Å²) in [5.41, 5.74) is 1.24. The van der Waals surface area contributed by atoms with E-state index in [2.05, 4.69) is 0 Å². The van der Waals surface area contributed by atoms with E-state index in [1.807, 2.05) is 25.1 Å². The summed E-state index contributed by atoms with van der Waals surface area (Å²) in [6, 6.07) is 15.8. The second-order valence-corrected chi connectivity index (χ2v) is 5.26. The molecule has 0 spiro atoms. The van der Waals surface area contributed by atoms with Crippen molar-refractivity contribution >= 4 is 40.4 Å². The normalized spacial score (nSPS) is 14.6. The maximum Gasteiger partial charge on any atom is 0.340 e. The molecule has 0 aliphatic carbocycles. The first-order valence-electron chi connectivity index (χ1n) is 7.18. The van der Waals surface area contributed by atoms with Crippen LogP contribution in [-0.2, 0) is 0 Å². The van der Waals surface area contributed by atoms with Crippen molar-refractivity contribution in [3.63, 3.8) is 0 Å². The number of rotatable bonds is 4. The van der Waals surface area contributed by atoms with Gasteiger partial charge in [0.25, 0.3) is 0 Å². The number of benzene rings is 2. The molecule has 23 heavy (non-hydrogen) atoms. The zero-order valence-electron chi connectivity index (χ0n) is 12.5. The van der Waals surface area contributed by atoms with Crippen molar-refractivity contribution in [3.8, 4) is 5.75 Å². The van der Waals surface area contributed by atoms with Crippen LogP contribution in [0.4, 0.5) is 16.2 Å². The molecule has 0 bridgehead atoms. The summed E-state index contributed by atoms with van der Waals surface area (Å²) < 4.78 is 5.40. The van der Waals surface area contributed by atoms with Crippen molar-refractivity contribution in [2.75, 3.05) is 16.4 Å². The topological polar surface area (TPSA) is 56.6 Å². The zero-order valence-corrected chi connectivity index (χ0v) is 13.3. The number of nitrogens with one attached hydrogen (secondary N) is 1. The van der Waals surface area contributed by atoms with Gasteiger partial charge in [-0.05, 0) is 43.3 Å². The van der Waals surface area contributed by atoms with Crippen LogP contribution in [0.1, 0.15) is 6.92 Å². The number of ether oxygens (including phenoxy) is 1. The molecule has 1 heterocycles. The van der Waals surface area contributed by atoms with Gasteiger partial charge in [-0.15, -0.1) is 0 Å². The first kappa shape index (κ1) is 15.2. The SMILES string of the molecule is CCOc1ccc(N2C(=O)N(c3ccccc3)C(=N)C2=S)cc1. The quantitative estimate of drug-likeness (QED) is 0.869. The van der Waals surface area contributed by atoms with Crippen LogP contribution in [0.5, 0.6) is 5.75 Å². The second kappa shape index (κ2) is 6.18. The van der Waals surface area contributed by atoms with E-state index in [0.29, 0.717) is 18.0 Å². The molecule has 1 saturated heterocycles. The molecule has 116 valence electrons. The number of carbonyl (C=O) groups excluding carboxylic acids is 1. The molecule has 6 heteroatoms. The lowest BCUT2D eigenvalue weighted by Crippen LogP contribution is -2.33. The molecule has 1 fully saturated rings. The Morgan fingerprint density at radius 1 is 1.00 bits per heavy atom. The number of nitrogens with zero attached hydrogens (tertiary/aromatic N) is 2. The highest BCUT2D eigenvalue weighted by Gasteiger charge is 2.40. The van der Waals surface area contributed by atoms with E-state index in [1.165, 1.54) is 9.80 Å². The van der Waals surface area contributed by atoms with E-state index in [9.17, 15) is 4.79 Å². The summed E-state index contributed by atoms with van der Waals surface area (Å²) in [5, 5.41) is 8.17. The average Bonchev–Trinajstić information content (AvgIpc) is 2.79. The molecular formula is C17H15N3O2S. The fraction of sp³-hybridized carbons (Fsp3) is 0.118. The number of amidine groups is 1. The first-order chi connectivity index (χ1) is 11.1. The van der Waals surface area contributed by atoms with Gasteiger partial charge in [0.05, 0.1) is 18.0 Å². The number of hydrogen-bond donors (Lipinski definition) is 1. The Morgan fingerprint density at radius 2 is 1.61 bits per heavy atom. The number of thiocarbonyl (C=S) groups is 1. The summed E-state index contributed by atoms with van der Waals surface area (Å²) in [7, 11) is 0. The van der Waals surface area contributed by atoms with Crippen LogP contribution >= 0.6 is 12.2 Å². The minimum atomic E-state index is -0.352. The van der Waals surface area contributed by atoms with E-state index < -0.39 is 0 Å². The van der Waals surface area contributed by atoms with Crippen LogP contribution in [0.15, 0.2) is 54.6 Å². The maximum absolute atomic E-state index is 12.7. The van der Waals surface area contributed by atoms with Crippen LogP contribution in [-0.4, -0.2) is 23.5 Å². The van der Waals surface area contributed by atoms with Gasteiger partial charge < -0.3 is 4.74 Å². The summed E-state index contributed by atoms with van der Waals surface area (Å²) in [4.78, 5) is 15.6. The van der Waals surface area contributed by atoms with Gasteiger partial charge in [0.2, 0.25) is 0 Å². The van der Waals surface area contributed by atoms with Gasteiger partial charge in [0.15, 0.2) is 10.8 Å². The van der Waals surface area contributed by atoms with Gasteiger partial charge in [-0.25, -0.2) is 14.6 Å². The monoisotopic (exact) mass is 325 g/mol. The van der Waals surface area contributed by atoms with Gasteiger partial charge in [-0.3, -0.25) is 5.41 Å². The molecule has 0 aromatic heterocycles. The Kier molecular flexibility index (Phi) is 4.08. The van der Waals surface area contributed by atoms with Crippen LogP contribution in [0.3, 0.4) is 0 Å². The van der Waals surface area contributed by atoms with Crippen molar-refractivity contribution in [1.29, 1.82) is 5.41 Å². The molecule has 2 aromatic carbocycles. The lowest BCUT2D eigenvalue weighted by atomic mass is 10.3. The summed E-state index contributed by atoms with van der Waals surface area (Å²) in [6.45, 7) is 2.49. The number of amides is 2. The number of carbonyl (C=O) groups is 1. The van der Waals surface area contributed by atoms with Crippen molar-refractivity contribution in [2.45, 2.75) is 6.92 Å².